The van der Waals surface area contributed by atoms with Gasteiger partial charge in [-0.15, -0.1) is 0 Å². The summed E-state index contributed by atoms with van der Waals surface area (Å²) < 4.78 is 28.7. The number of hydrogen-bond donors (Lipinski definition) is 3. The number of aliphatic hydroxyl groups is 1. The standard InChI is InChI=1S/C56H49N5O10/c1-67-31-32-70-55(66)60-45-28-21-36(18-17-35-19-24-40(68-2)25-20-35)33-42(45)56(54(60)65)47(52(63)57-34-46-58-43-15-9-10-16-44(43)59-46)49-53(64)71-50(38-13-7-4-8-14-38)48(37-11-5-3-6-12-37)61(49)51(56)39-22-26-41(27-23-39)69-30-29-62/h3-16,19-28,33,47-51,62H,29-32,34H2,1-2H3,(H,57,63)(H,58,59)/t47-,48-,49-,50+,51+,56-/m0/s1. The monoisotopic (exact) mass is 951 g/mol. The fourth-order valence-electron chi connectivity index (χ4n) is 10.3. The summed E-state index contributed by atoms with van der Waals surface area (Å²) in [6.07, 6.45) is -1.93. The predicted octanol–water partition coefficient (Wildman–Crippen LogP) is 7.11. The van der Waals surface area contributed by atoms with Crippen LogP contribution in [-0.4, -0.2) is 90.5 Å². The van der Waals surface area contributed by atoms with Gasteiger partial charge < -0.3 is 39.1 Å². The fraction of sp³-hybridized carbons (Fsp3) is 0.232. The van der Waals surface area contributed by atoms with Crippen LogP contribution in [0.5, 0.6) is 11.5 Å². The van der Waals surface area contributed by atoms with Gasteiger partial charge in [-0.1, -0.05) is 96.8 Å². The number of fused-ring (bicyclic) bond motifs is 4. The van der Waals surface area contributed by atoms with E-state index in [1.807, 2.05) is 102 Å². The molecule has 358 valence electrons. The average molecular weight is 952 g/mol. The summed E-state index contributed by atoms with van der Waals surface area (Å²) >= 11 is 0. The number of imidazole rings is 1. The van der Waals surface area contributed by atoms with Gasteiger partial charge in [0, 0.05) is 18.2 Å². The molecule has 1 aromatic heterocycles. The number of H-pyrrole nitrogens is 1. The number of rotatable bonds is 13. The number of carbonyl (C=O) groups excluding carboxylic acids is 4. The molecule has 15 nitrogen and oxygen atoms in total. The second-order valence-electron chi connectivity index (χ2n) is 17.3. The van der Waals surface area contributed by atoms with Gasteiger partial charge in [0.2, 0.25) is 11.8 Å². The molecular formula is C56H49N5O10. The number of para-hydroxylation sites is 2. The van der Waals surface area contributed by atoms with Crippen molar-refractivity contribution in [2.24, 2.45) is 5.92 Å². The third kappa shape index (κ3) is 8.52. The van der Waals surface area contributed by atoms with Crippen LogP contribution in [-0.2, 0) is 40.6 Å². The SMILES string of the molecule is COCCOC(=O)N1C(=O)[C@@]2(c3cc(C#Cc4ccc(OC)cc4)ccc31)[C@H](C(=O)NCc1nc3ccccc3[nH]1)[C@H]1C(=O)O[C@H](c3ccccc3)[C@H](c3ccccc3)N1[C@@H]2c1ccc(OCCO)cc1. The van der Waals surface area contributed by atoms with Crippen molar-refractivity contribution in [1.82, 2.24) is 20.2 Å². The van der Waals surface area contributed by atoms with Crippen molar-refractivity contribution < 1.29 is 48.0 Å². The van der Waals surface area contributed by atoms with Crippen LogP contribution in [0.3, 0.4) is 0 Å². The molecule has 3 aliphatic heterocycles. The third-order valence-corrected chi connectivity index (χ3v) is 13.3. The number of aromatic nitrogens is 2. The number of aromatic amines is 1. The second kappa shape index (κ2) is 20.0. The molecule has 7 aromatic rings. The van der Waals surface area contributed by atoms with Crippen LogP contribution in [0.2, 0.25) is 0 Å². The van der Waals surface area contributed by atoms with E-state index in [4.69, 9.17) is 28.7 Å². The maximum atomic E-state index is 16.5. The maximum Gasteiger partial charge on any atom is 0.421 e. The first-order valence-corrected chi connectivity index (χ1v) is 23.2. The summed E-state index contributed by atoms with van der Waals surface area (Å²) in [5.74, 6) is 4.21. The van der Waals surface area contributed by atoms with Gasteiger partial charge in [0.15, 0.2) is 0 Å². The number of methoxy groups -OCH3 is 2. The Bertz CT molecular complexity index is 3120. The van der Waals surface area contributed by atoms with Crippen molar-refractivity contribution in [1.29, 1.82) is 0 Å². The zero-order chi connectivity index (χ0) is 49.1. The number of aliphatic hydroxyl groups excluding tert-OH is 1. The molecule has 3 amide bonds. The van der Waals surface area contributed by atoms with Crippen LogP contribution < -0.4 is 19.7 Å². The second-order valence-corrected chi connectivity index (χ2v) is 17.3. The number of nitrogens with zero attached hydrogens (tertiary/aromatic N) is 3. The van der Waals surface area contributed by atoms with Gasteiger partial charge in [-0.3, -0.25) is 19.3 Å². The number of benzene rings is 6. The molecule has 4 heterocycles. The van der Waals surface area contributed by atoms with E-state index >= 15 is 14.4 Å². The number of nitrogens with one attached hydrogen (secondary N) is 2. The molecule has 3 aliphatic rings. The summed E-state index contributed by atoms with van der Waals surface area (Å²) in [4.78, 5) is 73.2. The average Bonchev–Trinajstić information content (AvgIpc) is 4.06. The van der Waals surface area contributed by atoms with Crippen molar-refractivity contribution in [3.63, 3.8) is 0 Å². The lowest BCUT2D eigenvalue weighted by atomic mass is 9.65. The van der Waals surface area contributed by atoms with Crippen LogP contribution in [0.1, 0.15) is 57.4 Å². The third-order valence-electron chi connectivity index (χ3n) is 13.3. The number of esters is 1. The Morgan fingerprint density at radius 1 is 0.761 bits per heavy atom. The molecule has 0 unspecified atom stereocenters. The normalized spacial score (nSPS) is 21.2. The van der Waals surface area contributed by atoms with Crippen LogP contribution in [0.4, 0.5) is 10.5 Å². The molecule has 6 aromatic carbocycles. The van der Waals surface area contributed by atoms with Gasteiger partial charge in [0.1, 0.15) is 48.1 Å². The van der Waals surface area contributed by atoms with Crippen molar-refractivity contribution in [2.45, 2.75) is 36.2 Å². The Hall–Kier alpha value is -8.29. The van der Waals surface area contributed by atoms with Crippen LogP contribution >= 0.6 is 0 Å². The van der Waals surface area contributed by atoms with E-state index < -0.39 is 59.4 Å². The molecule has 0 saturated carbocycles. The highest BCUT2D eigenvalue weighted by atomic mass is 16.6. The summed E-state index contributed by atoms with van der Waals surface area (Å²) in [5.41, 5.74) is 2.89. The minimum atomic E-state index is -2.07. The summed E-state index contributed by atoms with van der Waals surface area (Å²) in [6, 6.07) is 42.2. The maximum absolute atomic E-state index is 16.5. The summed E-state index contributed by atoms with van der Waals surface area (Å²) in [6.45, 7) is -0.423. The Morgan fingerprint density at radius 2 is 1.44 bits per heavy atom. The van der Waals surface area contributed by atoms with E-state index in [0.29, 0.717) is 45.1 Å². The molecule has 2 fully saturated rings. The van der Waals surface area contributed by atoms with Crippen molar-refractivity contribution in [3.8, 4) is 23.3 Å². The number of ether oxygens (including phenoxy) is 5. The molecule has 6 atom stereocenters. The number of cyclic esters (lactones) is 1. The largest absolute Gasteiger partial charge is 0.497 e. The van der Waals surface area contributed by atoms with E-state index in [1.165, 1.54) is 7.11 Å². The molecule has 15 heteroatoms. The van der Waals surface area contributed by atoms with E-state index in [9.17, 15) is 9.90 Å². The van der Waals surface area contributed by atoms with Gasteiger partial charge in [0.05, 0.1) is 61.6 Å². The van der Waals surface area contributed by atoms with Gasteiger partial charge in [0.25, 0.3) is 0 Å². The Kier molecular flexibility index (Phi) is 13.1. The first-order valence-electron chi connectivity index (χ1n) is 23.2. The van der Waals surface area contributed by atoms with E-state index in [0.717, 1.165) is 16.0 Å². The lowest BCUT2D eigenvalue weighted by molar-refractivity contribution is -0.178. The highest BCUT2D eigenvalue weighted by Gasteiger charge is 2.75. The van der Waals surface area contributed by atoms with Gasteiger partial charge in [-0.25, -0.2) is 14.7 Å². The minimum Gasteiger partial charge on any atom is -0.497 e. The van der Waals surface area contributed by atoms with E-state index in [-0.39, 0.29) is 44.2 Å². The summed E-state index contributed by atoms with van der Waals surface area (Å²) in [7, 11) is 3.05. The van der Waals surface area contributed by atoms with Gasteiger partial charge in [-0.05, 0) is 89.0 Å². The zero-order valence-electron chi connectivity index (χ0n) is 38.8. The topological polar surface area (TPSA) is 182 Å². The lowest BCUT2D eigenvalue weighted by Gasteiger charge is -2.46. The van der Waals surface area contributed by atoms with Crippen LogP contribution in [0.25, 0.3) is 11.0 Å². The molecule has 0 bridgehead atoms. The van der Waals surface area contributed by atoms with E-state index in [1.54, 1.807) is 61.7 Å². The highest BCUT2D eigenvalue weighted by molar-refractivity contribution is 6.23. The predicted molar refractivity (Wildman–Crippen MR) is 261 cm³/mol. The quantitative estimate of drug-likeness (QED) is 0.0607. The molecule has 10 rings (SSSR count). The zero-order valence-corrected chi connectivity index (χ0v) is 38.8. The fourth-order valence-corrected chi connectivity index (χ4v) is 10.3. The first-order chi connectivity index (χ1) is 34.7. The first kappa shape index (κ1) is 46.4. The Labute approximate surface area is 409 Å². The molecule has 71 heavy (non-hydrogen) atoms. The smallest absolute Gasteiger partial charge is 0.421 e. The molecule has 0 aliphatic carbocycles. The highest BCUT2D eigenvalue weighted by Crippen LogP contribution is 2.66. The molecular weight excluding hydrogens is 903 g/mol. The Morgan fingerprint density at radius 3 is 2.14 bits per heavy atom. The lowest BCUT2D eigenvalue weighted by Crippen LogP contribution is -2.55. The van der Waals surface area contributed by atoms with Gasteiger partial charge in [-0.2, -0.15) is 0 Å². The number of amides is 3. The molecule has 2 saturated heterocycles. The Balaban J connectivity index is 1.24. The van der Waals surface area contributed by atoms with E-state index in [2.05, 4.69) is 22.1 Å². The number of carbonyl (C=O) groups is 4. The molecule has 1 spiro atoms. The van der Waals surface area contributed by atoms with Crippen molar-refractivity contribution >= 4 is 40.6 Å². The number of anilines is 1. The number of hydrogen-bond acceptors (Lipinski definition) is 12. The molecule has 0 radical (unpaired) electrons. The van der Waals surface area contributed by atoms with Gasteiger partial charge >= 0.3 is 12.1 Å². The molecule has 3 N–H and O–H groups in total. The van der Waals surface area contributed by atoms with Crippen molar-refractivity contribution in [2.75, 3.05) is 45.5 Å². The summed E-state index contributed by atoms with van der Waals surface area (Å²) in [5, 5.41) is 12.7. The van der Waals surface area contributed by atoms with Crippen molar-refractivity contribution in [3.05, 3.63) is 191 Å². The van der Waals surface area contributed by atoms with Crippen LogP contribution in [0, 0.1) is 17.8 Å². The minimum absolute atomic E-state index is 0.0292. The number of imide groups is 1. The van der Waals surface area contributed by atoms with Crippen LogP contribution in [0.15, 0.2) is 152 Å². The number of morpholine rings is 1.